The van der Waals surface area contributed by atoms with Gasteiger partial charge in [-0.25, -0.2) is 0 Å². The first-order valence-electron chi connectivity index (χ1n) is 5.46. The molecule has 0 radical (unpaired) electrons. The molecule has 0 unspecified atom stereocenters. The van der Waals surface area contributed by atoms with E-state index in [0.717, 1.165) is 0 Å². The van der Waals surface area contributed by atoms with Crippen LogP contribution < -0.4 is 4.74 Å². The largest absolute Gasteiger partial charge is 0.486 e. The Labute approximate surface area is 105 Å². The highest BCUT2D eigenvalue weighted by Crippen LogP contribution is 2.11. The molecular formula is C13H13NO4. The van der Waals surface area contributed by atoms with Gasteiger partial charge >= 0.3 is 5.97 Å². The third-order valence-corrected chi connectivity index (χ3v) is 2.03. The minimum Gasteiger partial charge on any atom is -0.486 e. The summed E-state index contributed by atoms with van der Waals surface area (Å²) in [5, 5.41) is 8.60. The molecule has 0 aliphatic rings. The third kappa shape index (κ3) is 4.66. The van der Waals surface area contributed by atoms with Gasteiger partial charge in [0.25, 0.3) is 0 Å². The molecule has 0 aromatic heterocycles. The van der Waals surface area contributed by atoms with Crippen molar-refractivity contribution in [2.45, 2.75) is 13.3 Å². The highest BCUT2D eigenvalue weighted by molar-refractivity contribution is 5.96. The number of Topliss-reactive ketones (excluding diaryl/α,β-unsaturated/α-hetero) is 1. The van der Waals surface area contributed by atoms with Gasteiger partial charge in [-0.05, 0) is 31.2 Å². The molecule has 0 amide bonds. The van der Waals surface area contributed by atoms with Gasteiger partial charge in [0.1, 0.15) is 18.8 Å². The molecule has 0 heterocycles. The van der Waals surface area contributed by atoms with Gasteiger partial charge in [-0.2, -0.15) is 5.26 Å². The second kappa shape index (κ2) is 7.07. The lowest BCUT2D eigenvalue weighted by Crippen LogP contribution is -2.17. The van der Waals surface area contributed by atoms with Crippen LogP contribution in [0, 0.1) is 11.3 Å². The van der Waals surface area contributed by atoms with Gasteiger partial charge in [0.05, 0.1) is 18.2 Å². The van der Waals surface area contributed by atoms with E-state index in [9.17, 15) is 9.59 Å². The lowest BCUT2D eigenvalue weighted by molar-refractivity contribution is -0.145. The number of nitriles is 1. The third-order valence-electron chi connectivity index (χ3n) is 2.03. The van der Waals surface area contributed by atoms with Crippen LogP contribution in [0.25, 0.3) is 0 Å². The lowest BCUT2D eigenvalue weighted by atomic mass is 10.2. The number of hydrogen-bond acceptors (Lipinski definition) is 5. The zero-order valence-electron chi connectivity index (χ0n) is 10.0. The summed E-state index contributed by atoms with van der Waals surface area (Å²) in [7, 11) is 0. The van der Waals surface area contributed by atoms with E-state index in [4.69, 9.17) is 10.00 Å². The fourth-order valence-corrected chi connectivity index (χ4v) is 1.21. The van der Waals surface area contributed by atoms with E-state index in [2.05, 4.69) is 4.74 Å². The summed E-state index contributed by atoms with van der Waals surface area (Å²) in [6, 6.07) is 8.34. The fraction of sp³-hybridized carbons (Fsp3) is 0.308. The summed E-state index contributed by atoms with van der Waals surface area (Å²) in [6.45, 7) is 1.74. The molecule has 1 aromatic carbocycles. The maximum Gasteiger partial charge on any atom is 0.313 e. The van der Waals surface area contributed by atoms with Gasteiger partial charge < -0.3 is 9.47 Å². The number of benzene rings is 1. The topological polar surface area (TPSA) is 76.4 Å². The average molecular weight is 247 g/mol. The number of esters is 1. The van der Waals surface area contributed by atoms with E-state index in [0.29, 0.717) is 11.3 Å². The van der Waals surface area contributed by atoms with Crippen LogP contribution in [-0.4, -0.2) is 25.0 Å². The Morgan fingerprint density at radius 1 is 1.28 bits per heavy atom. The summed E-state index contributed by atoms with van der Waals surface area (Å²) < 4.78 is 9.82. The van der Waals surface area contributed by atoms with Gasteiger partial charge in [0, 0.05) is 0 Å². The Morgan fingerprint density at radius 2 is 1.94 bits per heavy atom. The molecule has 0 aliphatic heterocycles. The average Bonchev–Trinajstić information content (AvgIpc) is 2.37. The Balaban J connectivity index is 2.38. The smallest absolute Gasteiger partial charge is 0.313 e. The van der Waals surface area contributed by atoms with Gasteiger partial charge in [-0.3, -0.25) is 9.59 Å². The molecule has 5 nitrogen and oxygen atoms in total. The maximum absolute atomic E-state index is 11.3. The molecular weight excluding hydrogens is 234 g/mol. The first-order valence-corrected chi connectivity index (χ1v) is 5.46. The van der Waals surface area contributed by atoms with Crippen molar-refractivity contribution in [3.8, 4) is 11.8 Å². The van der Waals surface area contributed by atoms with Crippen LogP contribution in [0.4, 0.5) is 0 Å². The molecule has 0 atom stereocenters. The predicted octanol–water partition coefficient (Wildman–Crippen LogP) is 1.46. The summed E-state index contributed by atoms with van der Waals surface area (Å²) in [5.41, 5.74) is 0.514. The number of nitrogens with zero attached hydrogens (tertiary/aromatic N) is 1. The molecule has 1 rings (SSSR count). The van der Waals surface area contributed by atoms with Crippen molar-refractivity contribution in [3.05, 3.63) is 29.8 Å². The molecule has 0 aliphatic carbocycles. The van der Waals surface area contributed by atoms with Crippen LogP contribution >= 0.6 is 0 Å². The van der Waals surface area contributed by atoms with Gasteiger partial charge in [0.2, 0.25) is 0 Å². The van der Waals surface area contributed by atoms with Crippen molar-refractivity contribution in [2.24, 2.45) is 0 Å². The monoisotopic (exact) mass is 247 g/mol. The Morgan fingerprint density at radius 3 is 2.50 bits per heavy atom. The highest BCUT2D eigenvalue weighted by atomic mass is 16.5. The first kappa shape index (κ1) is 13.7. The van der Waals surface area contributed by atoms with E-state index >= 15 is 0 Å². The lowest BCUT2D eigenvalue weighted by Gasteiger charge is -2.05. The molecule has 0 bridgehead atoms. The SMILES string of the molecule is CCOC(=O)CC(=O)COc1ccc(C#N)cc1. The molecule has 0 saturated carbocycles. The van der Waals surface area contributed by atoms with Crippen molar-refractivity contribution in [3.63, 3.8) is 0 Å². The van der Waals surface area contributed by atoms with Crippen molar-refractivity contribution in [2.75, 3.05) is 13.2 Å². The zero-order chi connectivity index (χ0) is 13.4. The van der Waals surface area contributed by atoms with Crippen molar-refractivity contribution >= 4 is 11.8 Å². The summed E-state index contributed by atoms with van der Waals surface area (Å²) >= 11 is 0. The standard InChI is InChI=1S/C13H13NO4/c1-2-17-13(16)7-11(15)9-18-12-5-3-10(8-14)4-6-12/h3-6H,2,7,9H2,1H3. The second-order valence-electron chi connectivity index (χ2n) is 3.45. The zero-order valence-corrected chi connectivity index (χ0v) is 10.0. The van der Waals surface area contributed by atoms with E-state index in [-0.39, 0.29) is 25.4 Å². The van der Waals surface area contributed by atoms with E-state index in [1.165, 1.54) is 0 Å². The molecule has 5 heteroatoms. The van der Waals surface area contributed by atoms with Crippen LogP contribution in [0.15, 0.2) is 24.3 Å². The molecule has 0 spiro atoms. The molecule has 0 N–H and O–H groups in total. The summed E-state index contributed by atoms with van der Waals surface area (Å²) in [6.07, 6.45) is -0.288. The first-order chi connectivity index (χ1) is 8.65. The molecule has 0 fully saturated rings. The fourth-order valence-electron chi connectivity index (χ4n) is 1.21. The number of rotatable bonds is 6. The van der Waals surface area contributed by atoms with Crippen LogP contribution in [0.3, 0.4) is 0 Å². The maximum atomic E-state index is 11.3. The molecule has 1 aromatic rings. The number of ether oxygens (including phenoxy) is 2. The predicted molar refractivity (Wildman–Crippen MR) is 62.9 cm³/mol. The van der Waals surface area contributed by atoms with Gasteiger partial charge in [-0.15, -0.1) is 0 Å². The highest BCUT2D eigenvalue weighted by Gasteiger charge is 2.10. The number of carbonyl (C=O) groups excluding carboxylic acids is 2. The quantitative estimate of drug-likeness (QED) is 0.561. The van der Waals surface area contributed by atoms with E-state index < -0.39 is 5.97 Å². The summed E-state index contributed by atoms with van der Waals surface area (Å²) in [4.78, 5) is 22.4. The Kier molecular flexibility index (Phi) is 5.39. The van der Waals surface area contributed by atoms with Gasteiger partial charge in [0.15, 0.2) is 5.78 Å². The van der Waals surface area contributed by atoms with Crippen molar-refractivity contribution < 1.29 is 19.1 Å². The number of carbonyl (C=O) groups is 2. The van der Waals surface area contributed by atoms with Crippen LogP contribution in [-0.2, 0) is 14.3 Å². The Bertz CT molecular complexity index is 459. The second-order valence-corrected chi connectivity index (χ2v) is 3.45. The van der Waals surface area contributed by atoms with E-state index in [1.54, 1.807) is 31.2 Å². The Hall–Kier alpha value is -2.35. The van der Waals surface area contributed by atoms with Crippen LogP contribution in [0.2, 0.25) is 0 Å². The van der Waals surface area contributed by atoms with E-state index in [1.807, 2.05) is 6.07 Å². The minimum absolute atomic E-state index is 0.190. The van der Waals surface area contributed by atoms with Crippen LogP contribution in [0.5, 0.6) is 5.75 Å². The minimum atomic E-state index is -0.550. The van der Waals surface area contributed by atoms with Crippen molar-refractivity contribution in [1.29, 1.82) is 5.26 Å². The molecule has 94 valence electrons. The molecule has 0 saturated heterocycles. The number of ketones is 1. The van der Waals surface area contributed by atoms with Crippen LogP contribution in [0.1, 0.15) is 18.9 Å². The van der Waals surface area contributed by atoms with Crippen molar-refractivity contribution in [1.82, 2.24) is 0 Å². The summed E-state index contributed by atoms with van der Waals surface area (Å²) in [5.74, 6) is -0.421. The van der Waals surface area contributed by atoms with Gasteiger partial charge in [-0.1, -0.05) is 0 Å². The number of hydrogen-bond donors (Lipinski definition) is 0. The molecule has 18 heavy (non-hydrogen) atoms. The normalized spacial score (nSPS) is 9.33.